The molecule has 2 aromatic rings. The Morgan fingerprint density at radius 1 is 1.33 bits per heavy atom. The van der Waals surface area contributed by atoms with E-state index in [1.54, 1.807) is 7.11 Å². The molecule has 0 radical (unpaired) electrons. The predicted molar refractivity (Wildman–Crippen MR) is 81.1 cm³/mol. The molecule has 5 nitrogen and oxygen atoms in total. The molecule has 0 spiro atoms. The van der Waals surface area contributed by atoms with Crippen molar-refractivity contribution < 1.29 is 9.84 Å². The van der Waals surface area contributed by atoms with Gasteiger partial charge in [-0.25, -0.2) is 0 Å². The summed E-state index contributed by atoms with van der Waals surface area (Å²) in [5, 5.41) is 20.6. The fraction of sp³-hybridized carbons (Fsp3) is 0.438. The van der Waals surface area contributed by atoms with Crippen molar-refractivity contribution >= 4 is 0 Å². The maximum atomic E-state index is 10.1. The zero-order valence-corrected chi connectivity index (χ0v) is 12.2. The molecule has 0 atom stereocenters. The van der Waals surface area contributed by atoms with Gasteiger partial charge in [0.05, 0.1) is 24.6 Å². The van der Waals surface area contributed by atoms with Gasteiger partial charge in [-0.3, -0.25) is 5.10 Å². The summed E-state index contributed by atoms with van der Waals surface area (Å²) in [6, 6.07) is 7.89. The number of rotatable bonds is 6. The average Bonchev–Trinajstić information content (AvgIpc) is 2.94. The van der Waals surface area contributed by atoms with E-state index in [0.29, 0.717) is 13.1 Å². The normalized spacial score (nSPS) is 16.5. The Morgan fingerprint density at radius 3 is 2.71 bits per heavy atom. The molecule has 3 rings (SSSR count). The quantitative estimate of drug-likeness (QED) is 0.761. The molecule has 0 bridgehead atoms. The molecule has 1 fully saturated rings. The number of H-pyrrole nitrogens is 1. The van der Waals surface area contributed by atoms with E-state index < -0.39 is 5.60 Å². The number of hydrogen-bond donors (Lipinski definition) is 3. The fourth-order valence-corrected chi connectivity index (χ4v) is 2.64. The monoisotopic (exact) mass is 287 g/mol. The van der Waals surface area contributed by atoms with Crippen LogP contribution < -0.4 is 10.1 Å². The lowest BCUT2D eigenvalue weighted by molar-refractivity contribution is -0.0314. The van der Waals surface area contributed by atoms with Crippen molar-refractivity contribution in [1.82, 2.24) is 15.5 Å². The molecule has 0 saturated heterocycles. The number of aromatic nitrogens is 2. The van der Waals surface area contributed by atoms with Crippen LogP contribution in [0.4, 0.5) is 0 Å². The first kappa shape index (κ1) is 14.1. The Morgan fingerprint density at radius 2 is 2.10 bits per heavy atom. The smallest absolute Gasteiger partial charge is 0.118 e. The number of aliphatic hydroxyl groups is 1. The lowest BCUT2D eigenvalue weighted by Gasteiger charge is -2.36. The van der Waals surface area contributed by atoms with Crippen molar-refractivity contribution in [3.63, 3.8) is 0 Å². The van der Waals surface area contributed by atoms with Gasteiger partial charge >= 0.3 is 0 Å². The van der Waals surface area contributed by atoms with E-state index in [1.807, 2.05) is 30.5 Å². The highest BCUT2D eigenvalue weighted by molar-refractivity contribution is 5.63. The van der Waals surface area contributed by atoms with Crippen LogP contribution >= 0.6 is 0 Å². The van der Waals surface area contributed by atoms with E-state index >= 15 is 0 Å². The Labute approximate surface area is 124 Å². The lowest BCUT2D eigenvalue weighted by Crippen LogP contribution is -2.45. The molecular formula is C16H21N3O2. The molecule has 1 aliphatic rings. The van der Waals surface area contributed by atoms with Crippen molar-refractivity contribution in [1.29, 1.82) is 0 Å². The first-order valence-corrected chi connectivity index (χ1v) is 7.30. The Balaban J connectivity index is 1.65. The first-order valence-electron chi connectivity index (χ1n) is 7.30. The van der Waals surface area contributed by atoms with E-state index in [1.165, 1.54) is 0 Å². The highest BCUT2D eigenvalue weighted by Gasteiger charge is 2.33. The van der Waals surface area contributed by atoms with Gasteiger partial charge in [-0.05, 0) is 43.5 Å². The standard InChI is InChI=1S/C16H21N3O2/c1-21-14-5-3-12(4-6-14)15-13(10-18-19-15)9-17-11-16(20)7-2-8-16/h3-6,10,17,20H,2,7-9,11H2,1H3,(H,18,19). The van der Waals surface area contributed by atoms with Crippen LogP contribution in [0.5, 0.6) is 5.75 Å². The molecule has 3 N–H and O–H groups in total. The number of nitrogens with one attached hydrogen (secondary N) is 2. The second kappa shape index (κ2) is 5.87. The van der Waals surface area contributed by atoms with E-state index in [0.717, 1.165) is 41.8 Å². The molecule has 1 aliphatic carbocycles. The van der Waals surface area contributed by atoms with Gasteiger partial charge in [-0.15, -0.1) is 0 Å². The van der Waals surface area contributed by atoms with Gasteiger partial charge in [0.2, 0.25) is 0 Å². The van der Waals surface area contributed by atoms with Crippen LogP contribution in [0.15, 0.2) is 30.5 Å². The van der Waals surface area contributed by atoms with Gasteiger partial charge < -0.3 is 15.2 Å². The molecule has 112 valence electrons. The van der Waals surface area contributed by atoms with Crippen LogP contribution in [0, 0.1) is 0 Å². The summed E-state index contributed by atoms with van der Waals surface area (Å²) >= 11 is 0. The molecule has 0 unspecified atom stereocenters. The fourth-order valence-electron chi connectivity index (χ4n) is 2.64. The van der Waals surface area contributed by atoms with E-state index in [2.05, 4.69) is 15.5 Å². The Hall–Kier alpha value is -1.85. The molecule has 0 amide bonds. The van der Waals surface area contributed by atoms with E-state index in [-0.39, 0.29) is 0 Å². The minimum atomic E-state index is -0.496. The summed E-state index contributed by atoms with van der Waals surface area (Å²) < 4.78 is 5.17. The lowest BCUT2D eigenvalue weighted by atomic mass is 9.80. The third-order valence-electron chi connectivity index (χ3n) is 4.15. The van der Waals surface area contributed by atoms with Gasteiger partial charge in [0.15, 0.2) is 0 Å². The van der Waals surface area contributed by atoms with Crippen LogP contribution in [-0.4, -0.2) is 34.6 Å². The minimum absolute atomic E-state index is 0.496. The van der Waals surface area contributed by atoms with Crippen LogP contribution in [0.25, 0.3) is 11.3 Å². The third kappa shape index (κ3) is 3.09. The Kier molecular flexibility index (Phi) is 3.94. The molecular weight excluding hydrogens is 266 g/mol. The molecule has 0 aliphatic heterocycles. The summed E-state index contributed by atoms with van der Waals surface area (Å²) in [5.41, 5.74) is 2.69. The minimum Gasteiger partial charge on any atom is -0.497 e. The SMILES string of the molecule is COc1ccc(-c2[nH]ncc2CNCC2(O)CCC2)cc1. The number of aromatic amines is 1. The van der Waals surface area contributed by atoms with Crippen LogP contribution in [0.2, 0.25) is 0 Å². The third-order valence-corrected chi connectivity index (χ3v) is 4.15. The van der Waals surface area contributed by atoms with E-state index in [4.69, 9.17) is 4.74 Å². The number of ether oxygens (including phenoxy) is 1. The van der Waals surface area contributed by atoms with Crippen molar-refractivity contribution in [2.45, 2.75) is 31.4 Å². The van der Waals surface area contributed by atoms with Gasteiger partial charge in [0, 0.05) is 24.2 Å². The molecule has 1 aromatic heterocycles. The summed E-state index contributed by atoms with van der Waals surface area (Å²) in [4.78, 5) is 0. The van der Waals surface area contributed by atoms with Crippen LogP contribution in [0.1, 0.15) is 24.8 Å². The number of benzene rings is 1. The zero-order chi connectivity index (χ0) is 14.7. The molecule has 5 heteroatoms. The second-order valence-electron chi connectivity index (χ2n) is 5.68. The highest BCUT2D eigenvalue weighted by Crippen LogP contribution is 2.31. The molecule has 1 aromatic carbocycles. The number of methoxy groups -OCH3 is 1. The largest absolute Gasteiger partial charge is 0.497 e. The van der Waals surface area contributed by atoms with Gasteiger partial charge in [0.1, 0.15) is 5.75 Å². The summed E-state index contributed by atoms with van der Waals surface area (Å²) in [6.45, 7) is 1.33. The van der Waals surface area contributed by atoms with Crippen molar-refractivity contribution in [2.75, 3.05) is 13.7 Å². The second-order valence-corrected chi connectivity index (χ2v) is 5.68. The predicted octanol–water partition coefficient (Wildman–Crippen LogP) is 2.09. The van der Waals surface area contributed by atoms with Gasteiger partial charge in [-0.2, -0.15) is 5.10 Å². The summed E-state index contributed by atoms with van der Waals surface area (Å²) in [7, 11) is 1.66. The van der Waals surface area contributed by atoms with Crippen molar-refractivity contribution in [3.8, 4) is 17.0 Å². The highest BCUT2D eigenvalue weighted by atomic mass is 16.5. The van der Waals surface area contributed by atoms with Crippen LogP contribution in [0.3, 0.4) is 0 Å². The van der Waals surface area contributed by atoms with Gasteiger partial charge in [-0.1, -0.05) is 0 Å². The maximum Gasteiger partial charge on any atom is 0.118 e. The number of nitrogens with zero attached hydrogens (tertiary/aromatic N) is 1. The van der Waals surface area contributed by atoms with Gasteiger partial charge in [0.25, 0.3) is 0 Å². The topological polar surface area (TPSA) is 70.2 Å². The first-order chi connectivity index (χ1) is 10.2. The molecule has 1 heterocycles. The van der Waals surface area contributed by atoms with Crippen molar-refractivity contribution in [2.24, 2.45) is 0 Å². The Bertz CT molecular complexity index is 588. The van der Waals surface area contributed by atoms with E-state index in [9.17, 15) is 5.11 Å². The maximum absolute atomic E-state index is 10.1. The zero-order valence-electron chi connectivity index (χ0n) is 12.2. The summed E-state index contributed by atoms with van der Waals surface area (Å²) in [6.07, 6.45) is 4.76. The number of hydrogen-bond acceptors (Lipinski definition) is 4. The van der Waals surface area contributed by atoms with Crippen molar-refractivity contribution in [3.05, 3.63) is 36.0 Å². The molecule has 21 heavy (non-hydrogen) atoms. The van der Waals surface area contributed by atoms with Crippen LogP contribution in [-0.2, 0) is 6.54 Å². The summed E-state index contributed by atoms with van der Waals surface area (Å²) in [5.74, 6) is 0.838. The average molecular weight is 287 g/mol. The molecule has 1 saturated carbocycles.